The first-order valence-electron chi connectivity index (χ1n) is 6.80. The van der Waals surface area contributed by atoms with Crippen molar-refractivity contribution in [2.45, 2.75) is 24.2 Å². The molecule has 2 aromatic heterocycles. The Morgan fingerprint density at radius 3 is 2.73 bits per heavy atom. The van der Waals surface area contributed by atoms with Crippen LogP contribution in [0.2, 0.25) is 5.02 Å². The standard InChI is InChI=1S/C15H14ClN3O2S/c1-2-19-14(12(16)9-17-19)10-22(20,21)15-8-7-11-5-3-4-6-13(11)18-15/h3-9H,2,10H2,1H3. The minimum atomic E-state index is -3.59. The molecule has 0 fully saturated rings. The first-order chi connectivity index (χ1) is 10.5. The van der Waals surface area contributed by atoms with Gasteiger partial charge in [0.05, 0.1) is 28.2 Å². The zero-order chi connectivity index (χ0) is 15.7. The molecular formula is C15H14ClN3O2S. The Morgan fingerprint density at radius 1 is 1.18 bits per heavy atom. The summed E-state index contributed by atoms with van der Waals surface area (Å²) >= 11 is 6.04. The molecule has 0 spiro atoms. The summed E-state index contributed by atoms with van der Waals surface area (Å²) in [5.41, 5.74) is 1.14. The summed E-state index contributed by atoms with van der Waals surface area (Å²) in [4.78, 5) is 4.25. The fourth-order valence-corrected chi connectivity index (χ4v) is 3.89. The van der Waals surface area contributed by atoms with Crippen LogP contribution in [-0.2, 0) is 22.1 Å². The van der Waals surface area contributed by atoms with Crippen LogP contribution in [0.1, 0.15) is 12.6 Å². The molecule has 0 saturated carbocycles. The minimum absolute atomic E-state index is 0.0473. The maximum Gasteiger partial charge on any atom is 0.201 e. The van der Waals surface area contributed by atoms with Gasteiger partial charge in [0, 0.05) is 11.9 Å². The topological polar surface area (TPSA) is 64.8 Å². The Labute approximate surface area is 133 Å². The van der Waals surface area contributed by atoms with E-state index in [9.17, 15) is 8.42 Å². The predicted octanol–water partition coefficient (Wildman–Crippen LogP) is 3.08. The zero-order valence-corrected chi connectivity index (χ0v) is 13.5. The van der Waals surface area contributed by atoms with Gasteiger partial charge in [-0.25, -0.2) is 13.4 Å². The molecule has 0 saturated heterocycles. The zero-order valence-electron chi connectivity index (χ0n) is 11.9. The van der Waals surface area contributed by atoms with Crippen molar-refractivity contribution < 1.29 is 8.42 Å². The molecule has 0 aliphatic heterocycles. The van der Waals surface area contributed by atoms with E-state index < -0.39 is 9.84 Å². The van der Waals surface area contributed by atoms with E-state index >= 15 is 0 Å². The highest BCUT2D eigenvalue weighted by atomic mass is 35.5. The van der Waals surface area contributed by atoms with E-state index in [0.29, 0.717) is 22.8 Å². The van der Waals surface area contributed by atoms with Crippen molar-refractivity contribution in [1.29, 1.82) is 0 Å². The highest BCUT2D eigenvalue weighted by Gasteiger charge is 2.22. The molecule has 0 atom stereocenters. The van der Waals surface area contributed by atoms with E-state index in [1.165, 1.54) is 12.3 Å². The molecular weight excluding hydrogens is 322 g/mol. The summed E-state index contributed by atoms with van der Waals surface area (Å²) in [7, 11) is -3.59. The fraction of sp³-hybridized carbons (Fsp3) is 0.200. The normalized spacial score (nSPS) is 11.9. The van der Waals surface area contributed by atoms with Gasteiger partial charge in [-0.2, -0.15) is 5.10 Å². The van der Waals surface area contributed by atoms with Crippen LogP contribution in [0.25, 0.3) is 10.9 Å². The van der Waals surface area contributed by atoms with Crippen molar-refractivity contribution in [2.24, 2.45) is 0 Å². The summed E-state index contributed by atoms with van der Waals surface area (Å²) in [5, 5.41) is 5.36. The molecule has 3 aromatic rings. The van der Waals surface area contributed by atoms with Gasteiger partial charge < -0.3 is 0 Å². The predicted molar refractivity (Wildman–Crippen MR) is 85.5 cm³/mol. The Hall–Kier alpha value is -1.92. The van der Waals surface area contributed by atoms with Gasteiger partial charge in [-0.05, 0) is 25.1 Å². The maximum atomic E-state index is 12.6. The molecule has 7 heteroatoms. The lowest BCUT2D eigenvalue weighted by atomic mass is 10.2. The molecule has 5 nitrogen and oxygen atoms in total. The van der Waals surface area contributed by atoms with E-state index in [1.807, 2.05) is 25.1 Å². The van der Waals surface area contributed by atoms with Crippen molar-refractivity contribution in [3.05, 3.63) is 53.3 Å². The molecule has 0 amide bonds. The van der Waals surface area contributed by atoms with Crippen LogP contribution in [0.3, 0.4) is 0 Å². The quantitative estimate of drug-likeness (QED) is 0.735. The molecule has 0 aliphatic carbocycles. The number of aromatic nitrogens is 3. The van der Waals surface area contributed by atoms with Crippen molar-refractivity contribution in [2.75, 3.05) is 0 Å². The van der Waals surface area contributed by atoms with Gasteiger partial charge in [0.2, 0.25) is 9.84 Å². The summed E-state index contributed by atoms with van der Waals surface area (Å²) in [5.74, 6) is -0.217. The van der Waals surface area contributed by atoms with Gasteiger partial charge in [-0.1, -0.05) is 29.8 Å². The highest BCUT2D eigenvalue weighted by molar-refractivity contribution is 7.90. The van der Waals surface area contributed by atoms with Crippen molar-refractivity contribution in [3.8, 4) is 0 Å². The number of benzene rings is 1. The van der Waals surface area contributed by atoms with Crippen LogP contribution >= 0.6 is 11.6 Å². The van der Waals surface area contributed by atoms with E-state index in [1.54, 1.807) is 16.8 Å². The lowest BCUT2D eigenvalue weighted by molar-refractivity contribution is 0.583. The van der Waals surface area contributed by atoms with Gasteiger partial charge in [0.1, 0.15) is 0 Å². The summed E-state index contributed by atoms with van der Waals surface area (Å²) in [6.07, 6.45) is 1.46. The second-order valence-electron chi connectivity index (χ2n) is 4.86. The van der Waals surface area contributed by atoms with E-state index in [0.717, 1.165) is 5.39 Å². The van der Waals surface area contributed by atoms with Crippen LogP contribution in [0.4, 0.5) is 0 Å². The Morgan fingerprint density at radius 2 is 1.95 bits per heavy atom. The Kier molecular flexibility index (Phi) is 3.88. The molecule has 0 aliphatic rings. The molecule has 1 aromatic carbocycles. The molecule has 0 radical (unpaired) electrons. The van der Waals surface area contributed by atoms with E-state index in [4.69, 9.17) is 11.6 Å². The minimum Gasteiger partial charge on any atom is -0.267 e. The summed E-state index contributed by atoms with van der Waals surface area (Å²) < 4.78 is 26.8. The van der Waals surface area contributed by atoms with Gasteiger partial charge in [-0.15, -0.1) is 0 Å². The number of fused-ring (bicyclic) bond motifs is 1. The third kappa shape index (κ3) is 2.71. The Balaban J connectivity index is 2.02. The van der Waals surface area contributed by atoms with Crippen molar-refractivity contribution in [1.82, 2.24) is 14.8 Å². The number of nitrogens with zero attached hydrogens (tertiary/aromatic N) is 3. The number of aryl methyl sites for hydroxylation is 1. The second kappa shape index (κ2) is 5.70. The molecule has 22 heavy (non-hydrogen) atoms. The Bertz CT molecular complexity index is 935. The van der Waals surface area contributed by atoms with Gasteiger partial charge in [0.15, 0.2) is 5.03 Å². The molecule has 0 unspecified atom stereocenters. The molecule has 114 valence electrons. The van der Waals surface area contributed by atoms with Gasteiger partial charge >= 0.3 is 0 Å². The second-order valence-corrected chi connectivity index (χ2v) is 7.20. The van der Waals surface area contributed by atoms with Crippen molar-refractivity contribution in [3.63, 3.8) is 0 Å². The number of halogens is 1. The largest absolute Gasteiger partial charge is 0.267 e. The number of sulfone groups is 1. The number of hydrogen-bond acceptors (Lipinski definition) is 4. The summed E-state index contributed by atoms with van der Waals surface area (Å²) in [6, 6.07) is 10.7. The molecule has 2 heterocycles. The molecule has 3 rings (SSSR count). The van der Waals surface area contributed by atoms with Crippen LogP contribution in [0, 0.1) is 0 Å². The number of para-hydroxylation sites is 1. The smallest absolute Gasteiger partial charge is 0.201 e. The first-order valence-corrected chi connectivity index (χ1v) is 8.83. The highest BCUT2D eigenvalue weighted by Crippen LogP contribution is 2.22. The van der Waals surface area contributed by atoms with Gasteiger partial charge in [0.25, 0.3) is 0 Å². The van der Waals surface area contributed by atoms with Crippen LogP contribution in [0.15, 0.2) is 47.6 Å². The molecule has 0 bridgehead atoms. The fourth-order valence-electron chi connectivity index (χ4n) is 2.28. The SMILES string of the molecule is CCn1ncc(Cl)c1CS(=O)(=O)c1ccc2ccccc2n1. The lowest BCUT2D eigenvalue weighted by Gasteiger charge is -2.07. The molecule has 0 N–H and O–H groups in total. The number of rotatable bonds is 4. The maximum absolute atomic E-state index is 12.6. The van der Waals surface area contributed by atoms with Crippen LogP contribution in [0.5, 0.6) is 0 Å². The average Bonchev–Trinajstić information content (AvgIpc) is 2.86. The van der Waals surface area contributed by atoms with Gasteiger partial charge in [-0.3, -0.25) is 4.68 Å². The van der Waals surface area contributed by atoms with Crippen LogP contribution < -0.4 is 0 Å². The number of pyridine rings is 1. The third-order valence-corrected chi connectivity index (χ3v) is 5.25. The van der Waals surface area contributed by atoms with Crippen molar-refractivity contribution >= 4 is 32.3 Å². The lowest BCUT2D eigenvalue weighted by Crippen LogP contribution is -2.12. The summed E-state index contributed by atoms with van der Waals surface area (Å²) in [6.45, 7) is 2.44. The first kappa shape index (κ1) is 15.0. The number of hydrogen-bond donors (Lipinski definition) is 0. The van der Waals surface area contributed by atoms with E-state index in [2.05, 4.69) is 10.1 Å². The van der Waals surface area contributed by atoms with E-state index in [-0.39, 0.29) is 10.8 Å². The average molecular weight is 336 g/mol. The third-order valence-electron chi connectivity index (χ3n) is 3.42. The monoisotopic (exact) mass is 335 g/mol. The van der Waals surface area contributed by atoms with Crippen LogP contribution in [-0.4, -0.2) is 23.2 Å².